The van der Waals surface area contributed by atoms with Gasteiger partial charge in [-0.3, -0.25) is 4.79 Å². The second-order valence-electron chi connectivity index (χ2n) is 4.10. The second-order valence-corrected chi connectivity index (χ2v) is 4.10. The van der Waals surface area contributed by atoms with E-state index in [2.05, 4.69) is 15.7 Å². The van der Waals surface area contributed by atoms with Crippen molar-refractivity contribution in [3.8, 4) is 0 Å². The zero-order valence-electron chi connectivity index (χ0n) is 9.03. The summed E-state index contributed by atoms with van der Waals surface area (Å²) in [7, 11) is 0. The molecular weight excluding hydrogens is 192 g/mol. The molecule has 0 spiro atoms. The van der Waals surface area contributed by atoms with E-state index in [9.17, 15) is 4.79 Å². The first kappa shape index (κ1) is 10.2. The molecule has 0 unspecified atom stereocenters. The average Bonchev–Trinajstić information content (AvgIpc) is 2.48. The maximum Gasteiger partial charge on any atom is 0.231 e. The van der Waals surface area contributed by atoms with Gasteiger partial charge in [-0.05, 0) is 13.8 Å². The largest absolute Gasteiger partial charge is 0.315 e. The van der Waals surface area contributed by atoms with E-state index in [1.807, 2.05) is 24.6 Å². The van der Waals surface area contributed by atoms with Crippen LogP contribution in [0.2, 0.25) is 0 Å². The average molecular weight is 208 g/mol. The first-order valence-corrected chi connectivity index (χ1v) is 5.23. The summed E-state index contributed by atoms with van der Waals surface area (Å²) in [6, 6.07) is 2.08. The third-order valence-corrected chi connectivity index (χ3v) is 2.56. The predicted octanol–water partition coefficient (Wildman–Crippen LogP) is 0.622. The minimum absolute atomic E-state index is 0.0798. The first-order chi connectivity index (χ1) is 7.18. The summed E-state index contributed by atoms with van der Waals surface area (Å²) in [4.78, 5) is 11.7. The topological polar surface area (TPSA) is 59.0 Å². The second kappa shape index (κ2) is 4.02. The van der Waals surface area contributed by atoms with Gasteiger partial charge in [-0.15, -0.1) is 0 Å². The Hall–Kier alpha value is -1.36. The maximum absolute atomic E-state index is 11.7. The molecule has 0 aromatic carbocycles. The van der Waals surface area contributed by atoms with Crippen molar-refractivity contribution in [1.29, 1.82) is 0 Å². The van der Waals surface area contributed by atoms with Gasteiger partial charge < -0.3 is 10.6 Å². The van der Waals surface area contributed by atoms with Crippen LogP contribution in [0.5, 0.6) is 0 Å². The van der Waals surface area contributed by atoms with Crippen molar-refractivity contribution in [1.82, 2.24) is 15.1 Å². The van der Waals surface area contributed by atoms with Crippen LogP contribution < -0.4 is 10.6 Å². The van der Waals surface area contributed by atoms with Gasteiger partial charge in [0.15, 0.2) is 0 Å². The van der Waals surface area contributed by atoms with Crippen LogP contribution in [0.1, 0.15) is 19.9 Å². The van der Waals surface area contributed by atoms with Crippen LogP contribution in [0, 0.1) is 5.92 Å². The van der Waals surface area contributed by atoms with E-state index >= 15 is 0 Å². The highest BCUT2D eigenvalue weighted by atomic mass is 16.2. The molecule has 2 heterocycles. The SMILES string of the molecule is CC(C)n1nccc1NC(=O)C1CNC1. The molecule has 1 saturated heterocycles. The number of anilines is 1. The first-order valence-electron chi connectivity index (χ1n) is 5.23. The predicted molar refractivity (Wildman–Crippen MR) is 57.6 cm³/mol. The van der Waals surface area contributed by atoms with Crippen LogP contribution in [0.4, 0.5) is 5.82 Å². The molecule has 1 aliphatic heterocycles. The van der Waals surface area contributed by atoms with Crippen LogP contribution in [-0.2, 0) is 4.79 Å². The van der Waals surface area contributed by atoms with Crippen molar-refractivity contribution in [2.45, 2.75) is 19.9 Å². The lowest BCUT2D eigenvalue weighted by Crippen LogP contribution is -2.48. The molecule has 0 atom stereocenters. The Morgan fingerprint density at radius 2 is 2.40 bits per heavy atom. The summed E-state index contributed by atoms with van der Waals surface area (Å²) in [5.74, 6) is 0.971. The van der Waals surface area contributed by atoms with Gasteiger partial charge in [-0.2, -0.15) is 5.10 Å². The summed E-state index contributed by atoms with van der Waals surface area (Å²) in [5, 5.41) is 10.1. The smallest absolute Gasteiger partial charge is 0.231 e. The Balaban J connectivity index is 2.03. The number of carbonyl (C=O) groups is 1. The van der Waals surface area contributed by atoms with Crippen molar-refractivity contribution in [2.75, 3.05) is 18.4 Å². The quantitative estimate of drug-likeness (QED) is 0.765. The lowest BCUT2D eigenvalue weighted by molar-refractivity contribution is -0.121. The van der Waals surface area contributed by atoms with E-state index in [1.54, 1.807) is 6.20 Å². The summed E-state index contributed by atoms with van der Waals surface area (Å²) in [5.41, 5.74) is 0. The Morgan fingerprint density at radius 3 is 2.93 bits per heavy atom. The van der Waals surface area contributed by atoms with Crippen molar-refractivity contribution in [3.05, 3.63) is 12.3 Å². The van der Waals surface area contributed by atoms with Gasteiger partial charge in [0.05, 0.1) is 12.1 Å². The molecule has 2 rings (SSSR count). The van der Waals surface area contributed by atoms with Crippen molar-refractivity contribution >= 4 is 11.7 Å². The normalized spacial score (nSPS) is 16.5. The fraction of sp³-hybridized carbons (Fsp3) is 0.600. The Morgan fingerprint density at radius 1 is 1.67 bits per heavy atom. The lowest BCUT2D eigenvalue weighted by atomic mass is 10.0. The summed E-state index contributed by atoms with van der Waals surface area (Å²) >= 11 is 0. The Labute approximate surface area is 88.8 Å². The minimum atomic E-state index is 0.0798. The highest BCUT2D eigenvalue weighted by Gasteiger charge is 2.25. The van der Waals surface area contributed by atoms with E-state index in [0.717, 1.165) is 18.9 Å². The van der Waals surface area contributed by atoms with Crippen LogP contribution in [0.3, 0.4) is 0 Å². The monoisotopic (exact) mass is 208 g/mol. The number of hydrogen-bond donors (Lipinski definition) is 2. The summed E-state index contributed by atoms with van der Waals surface area (Å²) in [6.45, 7) is 5.63. The number of nitrogens with one attached hydrogen (secondary N) is 2. The number of aromatic nitrogens is 2. The fourth-order valence-electron chi connectivity index (χ4n) is 1.53. The van der Waals surface area contributed by atoms with E-state index in [0.29, 0.717) is 0 Å². The molecule has 0 radical (unpaired) electrons. The van der Waals surface area contributed by atoms with E-state index in [-0.39, 0.29) is 17.9 Å². The molecule has 5 heteroatoms. The van der Waals surface area contributed by atoms with Crippen molar-refractivity contribution < 1.29 is 4.79 Å². The number of hydrogen-bond acceptors (Lipinski definition) is 3. The van der Waals surface area contributed by atoms with Crippen molar-refractivity contribution in [3.63, 3.8) is 0 Å². The molecule has 82 valence electrons. The Kier molecular flexibility index (Phi) is 2.73. The van der Waals surface area contributed by atoms with Gasteiger partial charge in [0, 0.05) is 25.2 Å². The number of amides is 1. The van der Waals surface area contributed by atoms with Crippen LogP contribution in [-0.4, -0.2) is 28.8 Å². The molecule has 1 fully saturated rings. The molecule has 1 aromatic heterocycles. The number of carbonyl (C=O) groups excluding carboxylic acids is 1. The van der Waals surface area contributed by atoms with Gasteiger partial charge in [0.1, 0.15) is 5.82 Å². The molecule has 0 saturated carbocycles. The number of nitrogens with zero attached hydrogens (tertiary/aromatic N) is 2. The summed E-state index contributed by atoms with van der Waals surface area (Å²) in [6.07, 6.45) is 1.70. The zero-order chi connectivity index (χ0) is 10.8. The van der Waals surface area contributed by atoms with Gasteiger partial charge in [-0.1, -0.05) is 0 Å². The van der Waals surface area contributed by atoms with E-state index < -0.39 is 0 Å². The minimum Gasteiger partial charge on any atom is -0.315 e. The van der Waals surface area contributed by atoms with Gasteiger partial charge in [0.2, 0.25) is 5.91 Å². The third kappa shape index (κ3) is 2.02. The van der Waals surface area contributed by atoms with Crippen LogP contribution in [0.15, 0.2) is 12.3 Å². The van der Waals surface area contributed by atoms with Crippen LogP contribution >= 0.6 is 0 Å². The molecule has 0 bridgehead atoms. The van der Waals surface area contributed by atoms with E-state index in [4.69, 9.17) is 0 Å². The lowest BCUT2D eigenvalue weighted by Gasteiger charge is -2.26. The zero-order valence-corrected chi connectivity index (χ0v) is 9.03. The highest BCUT2D eigenvalue weighted by Crippen LogP contribution is 2.14. The van der Waals surface area contributed by atoms with E-state index in [1.165, 1.54) is 0 Å². The molecule has 1 aliphatic rings. The molecule has 2 N–H and O–H groups in total. The molecular formula is C10H16N4O. The maximum atomic E-state index is 11.7. The van der Waals surface area contributed by atoms with Crippen molar-refractivity contribution in [2.24, 2.45) is 5.92 Å². The molecule has 1 amide bonds. The fourth-order valence-corrected chi connectivity index (χ4v) is 1.53. The van der Waals surface area contributed by atoms with Gasteiger partial charge >= 0.3 is 0 Å². The molecule has 15 heavy (non-hydrogen) atoms. The molecule has 5 nitrogen and oxygen atoms in total. The Bertz CT molecular complexity index is 354. The molecule has 0 aliphatic carbocycles. The van der Waals surface area contributed by atoms with Crippen LogP contribution in [0.25, 0.3) is 0 Å². The highest BCUT2D eigenvalue weighted by molar-refractivity contribution is 5.92. The van der Waals surface area contributed by atoms with Gasteiger partial charge in [-0.25, -0.2) is 4.68 Å². The number of rotatable bonds is 3. The van der Waals surface area contributed by atoms with Gasteiger partial charge in [0.25, 0.3) is 0 Å². The summed E-state index contributed by atoms with van der Waals surface area (Å²) < 4.78 is 1.81. The standard InChI is InChI=1S/C10H16N4O/c1-7(2)14-9(3-4-12-14)13-10(15)8-5-11-6-8/h3-4,7-8,11H,5-6H2,1-2H3,(H,13,15). The third-order valence-electron chi connectivity index (χ3n) is 2.56. The molecule has 1 aromatic rings.